The number of ether oxygens (including phenoxy) is 1. The first kappa shape index (κ1) is 8.55. The Morgan fingerprint density at radius 1 is 1.60 bits per heavy atom. The Morgan fingerprint density at radius 2 is 2.20 bits per heavy atom. The number of aliphatic carboxylic acids is 1. The van der Waals surface area contributed by atoms with Gasteiger partial charge in [-0.3, -0.25) is 0 Å². The highest BCUT2D eigenvalue weighted by Gasteiger charge is 2.01. The molecule has 0 rings (SSSR count). The maximum absolute atomic E-state index is 9.87. The molecule has 4 heteroatoms. The summed E-state index contributed by atoms with van der Waals surface area (Å²) in [6.45, 7) is 3.50. The second-order valence-corrected chi connectivity index (χ2v) is 1.43. The van der Waals surface area contributed by atoms with Crippen LogP contribution in [-0.2, 0) is 9.53 Å². The lowest BCUT2D eigenvalue weighted by Crippen LogP contribution is -1.99. The zero-order valence-electron chi connectivity index (χ0n) is 5.28. The number of aliphatic hydroxyl groups excluding tert-OH is 1. The quantitative estimate of drug-likeness (QED) is 0.263. The van der Waals surface area contributed by atoms with Crippen LogP contribution in [0.15, 0.2) is 24.7 Å². The Bertz CT molecular complexity index is 159. The molecule has 4 nitrogen and oxygen atoms in total. The number of aliphatic hydroxyl groups is 1. The van der Waals surface area contributed by atoms with E-state index in [0.29, 0.717) is 0 Å². The second kappa shape index (κ2) is 4.43. The number of carboxylic acid groups (broad SMARTS) is 1. The third kappa shape index (κ3) is 3.54. The number of hydrogen-bond donors (Lipinski definition) is 2. The van der Waals surface area contributed by atoms with E-state index in [1.165, 1.54) is 6.08 Å². The first-order valence-corrected chi connectivity index (χ1v) is 2.53. The topological polar surface area (TPSA) is 66.8 Å². The molecular weight excluding hydrogens is 136 g/mol. The van der Waals surface area contributed by atoms with Crippen LogP contribution in [0.5, 0.6) is 0 Å². The van der Waals surface area contributed by atoms with Crippen molar-refractivity contribution >= 4 is 5.97 Å². The van der Waals surface area contributed by atoms with Gasteiger partial charge in [-0.15, -0.1) is 0 Å². The lowest BCUT2D eigenvalue weighted by Gasteiger charge is -1.93. The van der Waals surface area contributed by atoms with Crippen molar-refractivity contribution in [1.29, 1.82) is 0 Å². The number of carboxylic acids is 1. The van der Waals surface area contributed by atoms with Crippen molar-refractivity contribution in [2.24, 2.45) is 0 Å². The van der Waals surface area contributed by atoms with Crippen LogP contribution in [0.2, 0.25) is 0 Å². The molecule has 2 N–H and O–H groups in total. The molecular formula is C6H8O4. The van der Waals surface area contributed by atoms with Gasteiger partial charge in [0.2, 0.25) is 5.76 Å². The lowest BCUT2D eigenvalue weighted by atomic mass is 10.6. The van der Waals surface area contributed by atoms with Gasteiger partial charge in [0.05, 0.1) is 0 Å². The molecule has 0 bridgehead atoms. The molecule has 0 spiro atoms. The van der Waals surface area contributed by atoms with Crippen molar-refractivity contribution in [2.75, 3.05) is 6.61 Å². The third-order valence-corrected chi connectivity index (χ3v) is 0.628. The van der Waals surface area contributed by atoms with Gasteiger partial charge in [-0.2, -0.15) is 0 Å². The van der Waals surface area contributed by atoms with Gasteiger partial charge in [0.25, 0.3) is 0 Å². The Labute approximate surface area is 58.0 Å². The molecule has 0 aliphatic heterocycles. The van der Waals surface area contributed by atoms with E-state index in [9.17, 15) is 4.79 Å². The van der Waals surface area contributed by atoms with Gasteiger partial charge in [0.15, 0.2) is 0 Å². The molecule has 0 unspecified atom stereocenters. The van der Waals surface area contributed by atoms with Crippen LogP contribution in [0, 0.1) is 0 Å². The molecule has 0 saturated carbocycles. The molecule has 0 atom stereocenters. The maximum Gasteiger partial charge on any atom is 0.374 e. The van der Waals surface area contributed by atoms with Gasteiger partial charge >= 0.3 is 5.97 Å². The van der Waals surface area contributed by atoms with Crippen LogP contribution < -0.4 is 0 Å². The van der Waals surface area contributed by atoms with Gasteiger partial charge in [-0.1, -0.05) is 12.7 Å². The maximum atomic E-state index is 9.87. The Balaban J connectivity index is 3.68. The van der Waals surface area contributed by atoms with Crippen molar-refractivity contribution in [2.45, 2.75) is 0 Å². The molecule has 0 aliphatic rings. The summed E-state index contributed by atoms with van der Waals surface area (Å²) >= 11 is 0. The van der Waals surface area contributed by atoms with E-state index < -0.39 is 11.7 Å². The van der Waals surface area contributed by atoms with E-state index in [1.54, 1.807) is 0 Å². The molecule has 0 saturated heterocycles. The molecule has 56 valence electrons. The largest absolute Gasteiger partial charge is 0.500 e. The molecule has 0 amide bonds. The fourth-order valence-electron chi connectivity index (χ4n) is 0.245. The summed E-state index contributed by atoms with van der Waals surface area (Å²) in [7, 11) is 0. The van der Waals surface area contributed by atoms with Crippen molar-refractivity contribution in [3.05, 3.63) is 24.7 Å². The minimum absolute atomic E-state index is 0.178. The van der Waals surface area contributed by atoms with E-state index in [2.05, 4.69) is 11.3 Å². The average Bonchev–Trinajstić information content (AvgIpc) is 1.88. The van der Waals surface area contributed by atoms with Crippen LogP contribution in [-0.4, -0.2) is 22.8 Å². The Morgan fingerprint density at radius 3 is 2.60 bits per heavy atom. The van der Waals surface area contributed by atoms with Crippen LogP contribution in [0.4, 0.5) is 0 Å². The molecule has 0 aromatic heterocycles. The van der Waals surface area contributed by atoms with Gasteiger partial charge in [0, 0.05) is 0 Å². The first-order valence-electron chi connectivity index (χ1n) is 2.53. The highest BCUT2D eigenvalue weighted by Crippen LogP contribution is 1.88. The fourth-order valence-corrected chi connectivity index (χ4v) is 0.245. The van der Waals surface area contributed by atoms with E-state index in [0.717, 1.165) is 6.26 Å². The van der Waals surface area contributed by atoms with Crippen molar-refractivity contribution < 1.29 is 19.7 Å². The summed E-state index contributed by atoms with van der Waals surface area (Å²) in [5.41, 5.74) is 0. The summed E-state index contributed by atoms with van der Waals surface area (Å²) < 4.78 is 4.49. The van der Waals surface area contributed by atoms with Gasteiger partial charge in [-0.05, 0) is 0 Å². The monoisotopic (exact) mass is 144 g/mol. The molecule has 0 aromatic carbocycles. The lowest BCUT2D eigenvalue weighted by molar-refractivity contribution is -0.135. The van der Waals surface area contributed by atoms with E-state index >= 15 is 0 Å². The van der Waals surface area contributed by atoms with Gasteiger partial charge in [-0.25, -0.2) is 4.79 Å². The van der Waals surface area contributed by atoms with E-state index in [1.807, 2.05) is 0 Å². The van der Waals surface area contributed by atoms with E-state index in [4.69, 9.17) is 10.2 Å². The molecule has 0 aromatic rings. The predicted octanol–water partition coefficient (Wildman–Crippen LogP) is 0.673. The van der Waals surface area contributed by atoms with Crippen molar-refractivity contribution in [3.63, 3.8) is 0 Å². The third-order valence-electron chi connectivity index (χ3n) is 0.628. The number of hydrogen-bond acceptors (Lipinski definition) is 3. The summed E-state index contributed by atoms with van der Waals surface area (Å²) in [5, 5.41) is 16.5. The summed E-state index contributed by atoms with van der Waals surface area (Å²) in [6, 6.07) is 0. The standard InChI is InChI=1S/C6H8O4/c1-2-3-10-4-5(7)6(8)9/h2,4,7H,1,3H2,(H,8,9). The summed E-state index contributed by atoms with van der Waals surface area (Å²) in [4.78, 5) is 9.87. The highest BCUT2D eigenvalue weighted by molar-refractivity contribution is 5.83. The fraction of sp³-hybridized carbons (Fsp3) is 0.167. The van der Waals surface area contributed by atoms with Crippen LogP contribution in [0.1, 0.15) is 0 Å². The SMILES string of the molecule is C=CCOC=C(O)C(=O)O. The smallest absolute Gasteiger partial charge is 0.374 e. The minimum atomic E-state index is -1.41. The van der Waals surface area contributed by atoms with Gasteiger partial charge < -0.3 is 14.9 Å². The van der Waals surface area contributed by atoms with E-state index in [-0.39, 0.29) is 6.61 Å². The second-order valence-electron chi connectivity index (χ2n) is 1.43. The molecule has 0 heterocycles. The minimum Gasteiger partial charge on any atom is -0.500 e. The first-order chi connectivity index (χ1) is 4.68. The van der Waals surface area contributed by atoms with Crippen molar-refractivity contribution in [3.8, 4) is 0 Å². The number of rotatable bonds is 4. The Hall–Kier alpha value is -1.45. The van der Waals surface area contributed by atoms with Crippen LogP contribution in [0.25, 0.3) is 0 Å². The molecule has 0 fully saturated rings. The molecule has 10 heavy (non-hydrogen) atoms. The Kier molecular flexibility index (Phi) is 3.79. The summed E-state index contributed by atoms with van der Waals surface area (Å²) in [5.74, 6) is -2.23. The normalized spacial score (nSPS) is 10.6. The molecule has 0 aliphatic carbocycles. The van der Waals surface area contributed by atoms with Crippen LogP contribution >= 0.6 is 0 Å². The predicted molar refractivity (Wildman–Crippen MR) is 34.5 cm³/mol. The highest BCUT2D eigenvalue weighted by atomic mass is 16.5. The van der Waals surface area contributed by atoms with Crippen LogP contribution in [0.3, 0.4) is 0 Å². The molecule has 0 radical (unpaired) electrons. The summed E-state index contributed by atoms with van der Waals surface area (Å²) in [6.07, 6.45) is 2.19. The van der Waals surface area contributed by atoms with Crippen molar-refractivity contribution in [1.82, 2.24) is 0 Å². The zero-order chi connectivity index (χ0) is 7.98. The number of carbonyl (C=O) groups is 1. The average molecular weight is 144 g/mol. The van der Waals surface area contributed by atoms with Gasteiger partial charge in [0.1, 0.15) is 12.9 Å². The zero-order valence-corrected chi connectivity index (χ0v) is 5.28.